The number of carbonyl (C=O) groups excluding carboxylic acids is 1. The first-order valence-corrected chi connectivity index (χ1v) is 8.77. The normalized spacial score (nSPS) is 32.9. The monoisotopic (exact) mass is 319 g/mol. The van der Waals surface area contributed by atoms with Crippen LogP contribution in [0.3, 0.4) is 0 Å². The summed E-state index contributed by atoms with van der Waals surface area (Å²) in [6.45, 7) is 2.90. The third kappa shape index (κ3) is 3.26. The second-order valence-electron chi connectivity index (χ2n) is 7.23. The molecule has 23 heavy (non-hydrogen) atoms. The van der Waals surface area contributed by atoms with E-state index < -0.39 is 0 Å². The summed E-state index contributed by atoms with van der Waals surface area (Å²) in [5.74, 6) is 0.942. The van der Waals surface area contributed by atoms with Crippen LogP contribution in [0.5, 0.6) is 0 Å². The van der Waals surface area contributed by atoms with Crippen LogP contribution in [-0.2, 0) is 17.8 Å². The quantitative estimate of drug-likeness (QED) is 0.759. The molecule has 7 nitrogen and oxygen atoms in total. The molecule has 2 N–H and O–H groups in total. The molecule has 7 heteroatoms. The minimum Gasteiger partial charge on any atom is -0.396 e. The van der Waals surface area contributed by atoms with Crippen LogP contribution in [-0.4, -0.2) is 62.7 Å². The highest BCUT2D eigenvalue weighted by Gasteiger charge is 2.44. The van der Waals surface area contributed by atoms with Crippen molar-refractivity contribution in [1.82, 2.24) is 25.2 Å². The minimum atomic E-state index is 0.105. The average molecular weight is 319 g/mol. The van der Waals surface area contributed by atoms with Crippen LogP contribution in [0.1, 0.15) is 31.4 Å². The van der Waals surface area contributed by atoms with E-state index >= 15 is 0 Å². The molecule has 4 atom stereocenters. The van der Waals surface area contributed by atoms with Crippen molar-refractivity contribution < 1.29 is 9.90 Å². The largest absolute Gasteiger partial charge is 0.396 e. The van der Waals surface area contributed by atoms with Crippen molar-refractivity contribution in [3.63, 3.8) is 0 Å². The van der Waals surface area contributed by atoms with E-state index in [1.165, 1.54) is 0 Å². The van der Waals surface area contributed by atoms with Gasteiger partial charge in [-0.1, -0.05) is 5.21 Å². The van der Waals surface area contributed by atoms with Crippen LogP contribution in [0.4, 0.5) is 0 Å². The summed E-state index contributed by atoms with van der Waals surface area (Å²) in [5, 5.41) is 20.4. The number of rotatable bonds is 6. The SMILES string of the molecule is O=C(NC1CC1)[C@H]1CN2CC[C@H]1C[C@@H]2Cn1cc(CCO)nn1. The first-order valence-electron chi connectivity index (χ1n) is 8.77. The van der Waals surface area contributed by atoms with Gasteiger partial charge < -0.3 is 10.4 Å². The number of aromatic nitrogens is 3. The van der Waals surface area contributed by atoms with Crippen molar-refractivity contribution in [1.29, 1.82) is 0 Å². The highest BCUT2D eigenvalue weighted by Crippen LogP contribution is 2.37. The van der Waals surface area contributed by atoms with Crippen LogP contribution < -0.4 is 5.32 Å². The predicted molar refractivity (Wildman–Crippen MR) is 83.6 cm³/mol. The highest BCUT2D eigenvalue weighted by molar-refractivity contribution is 5.80. The molecule has 5 rings (SSSR count). The van der Waals surface area contributed by atoms with Crippen molar-refractivity contribution in [2.24, 2.45) is 11.8 Å². The average Bonchev–Trinajstić information content (AvgIpc) is 3.27. The summed E-state index contributed by atoms with van der Waals surface area (Å²) >= 11 is 0. The molecular weight excluding hydrogens is 294 g/mol. The fourth-order valence-electron chi connectivity index (χ4n) is 4.03. The maximum atomic E-state index is 12.4. The van der Waals surface area contributed by atoms with E-state index in [9.17, 15) is 4.79 Å². The standard InChI is InChI=1S/C16H25N5O2/c22-6-4-13-8-21(19-18-13)9-14-7-11-3-5-20(14)10-15(11)16(23)17-12-1-2-12/h8,11-12,14-15,22H,1-7,9-10H2,(H,17,23)/t11-,14+,15-/m0/s1. The molecule has 4 fully saturated rings. The molecular formula is C16H25N5O2. The number of nitrogens with one attached hydrogen (secondary N) is 1. The Morgan fingerprint density at radius 2 is 2.26 bits per heavy atom. The lowest BCUT2D eigenvalue weighted by atomic mass is 9.75. The van der Waals surface area contributed by atoms with Gasteiger partial charge in [-0.15, -0.1) is 5.10 Å². The molecule has 3 saturated heterocycles. The minimum absolute atomic E-state index is 0.105. The highest BCUT2D eigenvalue weighted by atomic mass is 16.3. The molecule has 126 valence electrons. The van der Waals surface area contributed by atoms with Gasteiger partial charge in [0.05, 0.1) is 18.2 Å². The zero-order valence-electron chi connectivity index (χ0n) is 13.4. The van der Waals surface area contributed by atoms with Gasteiger partial charge in [0.15, 0.2) is 0 Å². The molecule has 0 spiro atoms. The summed E-state index contributed by atoms with van der Waals surface area (Å²) in [6.07, 6.45) is 6.98. The number of hydrogen-bond donors (Lipinski definition) is 2. The molecule has 4 heterocycles. The maximum Gasteiger partial charge on any atom is 0.224 e. The number of amides is 1. The first kappa shape index (κ1) is 15.1. The Kier molecular flexibility index (Phi) is 4.07. The molecule has 1 saturated carbocycles. The van der Waals surface area contributed by atoms with Crippen LogP contribution in [0.25, 0.3) is 0 Å². The van der Waals surface area contributed by atoms with Gasteiger partial charge in [0.2, 0.25) is 5.91 Å². The molecule has 2 bridgehead atoms. The molecule has 1 aliphatic carbocycles. The van der Waals surface area contributed by atoms with E-state index in [0.29, 0.717) is 24.4 Å². The molecule has 1 unspecified atom stereocenters. The number of aliphatic hydroxyl groups is 1. The number of piperidine rings is 3. The lowest BCUT2D eigenvalue weighted by Crippen LogP contribution is -2.58. The van der Waals surface area contributed by atoms with Crippen molar-refractivity contribution >= 4 is 5.91 Å². The van der Waals surface area contributed by atoms with E-state index in [1.807, 2.05) is 10.9 Å². The van der Waals surface area contributed by atoms with Gasteiger partial charge in [0.1, 0.15) is 0 Å². The Morgan fingerprint density at radius 3 is 2.96 bits per heavy atom. The van der Waals surface area contributed by atoms with Gasteiger partial charge in [-0.2, -0.15) is 0 Å². The van der Waals surface area contributed by atoms with Crippen molar-refractivity contribution in [3.8, 4) is 0 Å². The molecule has 4 aliphatic rings. The van der Waals surface area contributed by atoms with E-state index in [0.717, 1.165) is 51.0 Å². The third-order valence-electron chi connectivity index (χ3n) is 5.49. The second-order valence-corrected chi connectivity index (χ2v) is 7.23. The number of hydrogen-bond acceptors (Lipinski definition) is 5. The summed E-state index contributed by atoms with van der Waals surface area (Å²) in [6, 6.07) is 0.899. The van der Waals surface area contributed by atoms with Crippen molar-refractivity contribution in [2.75, 3.05) is 19.7 Å². The topological polar surface area (TPSA) is 83.3 Å². The molecule has 0 aromatic carbocycles. The molecule has 1 amide bonds. The molecule has 1 aromatic heterocycles. The van der Waals surface area contributed by atoms with Gasteiger partial charge in [-0.25, -0.2) is 0 Å². The summed E-state index contributed by atoms with van der Waals surface area (Å²) < 4.78 is 1.88. The van der Waals surface area contributed by atoms with E-state index in [2.05, 4.69) is 20.5 Å². The number of aliphatic hydroxyl groups excluding tert-OH is 1. The molecule has 1 aromatic rings. The second kappa shape index (κ2) is 6.20. The Hall–Kier alpha value is -1.47. The van der Waals surface area contributed by atoms with Crippen LogP contribution in [0.2, 0.25) is 0 Å². The van der Waals surface area contributed by atoms with Gasteiger partial charge in [-0.05, 0) is 38.1 Å². The number of carbonyl (C=O) groups is 1. The summed E-state index contributed by atoms with van der Waals surface area (Å²) in [4.78, 5) is 14.8. The zero-order chi connectivity index (χ0) is 15.8. The zero-order valence-corrected chi connectivity index (χ0v) is 13.4. The van der Waals surface area contributed by atoms with E-state index in [1.54, 1.807) is 0 Å². The van der Waals surface area contributed by atoms with Gasteiger partial charge in [0, 0.05) is 37.9 Å². The lowest BCUT2D eigenvalue weighted by Gasteiger charge is -2.49. The van der Waals surface area contributed by atoms with E-state index in [4.69, 9.17) is 5.11 Å². The Morgan fingerprint density at radius 1 is 1.39 bits per heavy atom. The van der Waals surface area contributed by atoms with Crippen LogP contribution in [0, 0.1) is 11.8 Å². The third-order valence-corrected chi connectivity index (χ3v) is 5.49. The first-order chi connectivity index (χ1) is 11.2. The summed E-state index contributed by atoms with van der Waals surface area (Å²) in [7, 11) is 0. The maximum absolute atomic E-state index is 12.4. The molecule has 3 aliphatic heterocycles. The van der Waals surface area contributed by atoms with Gasteiger partial charge in [0.25, 0.3) is 0 Å². The van der Waals surface area contributed by atoms with E-state index in [-0.39, 0.29) is 18.4 Å². The van der Waals surface area contributed by atoms with Crippen LogP contribution >= 0.6 is 0 Å². The fraction of sp³-hybridized carbons (Fsp3) is 0.812. The van der Waals surface area contributed by atoms with Gasteiger partial charge >= 0.3 is 0 Å². The smallest absolute Gasteiger partial charge is 0.224 e. The van der Waals surface area contributed by atoms with Crippen molar-refractivity contribution in [3.05, 3.63) is 11.9 Å². The Bertz CT molecular complexity index is 571. The lowest BCUT2D eigenvalue weighted by molar-refractivity contribution is -0.133. The number of nitrogens with zero attached hydrogens (tertiary/aromatic N) is 4. The summed E-state index contributed by atoms with van der Waals surface area (Å²) in [5.41, 5.74) is 0.838. The van der Waals surface area contributed by atoms with Crippen molar-refractivity contribution in [2.45, 2.75) is 50.7 Å². The molecule has 0 radical (unpaired) electrons. The Labute approximate surface area is 136 Å². The van der Waals surface area contributed by atoms with Crippen LogP contribution in [0.15, 0.2) is 6.20 Å². The Balaban J connectivity index is 1.36. The predicted octanol–water partition coefficient (Wildman–Crippen LogP) is -0.198. The van der Waals surface area contributed by atoms with Gasteiger partial charge in [-0.3, -0.25) is 14.4 Å². The fourth-order valence-corrected chi connectivity index (χ4v) is 4.03. The number of fused-ring (bicyclic) bond motifs is 3.